The third kappa shape index (κ3) is 2.51. The van der Waals surface area contributed by atoms with E-state index >= 15 is 0 Å². The van der Waals surface area contributed by atoms with E-state index in [0.717, 1.165) is 23.3 Å². The van der Waals surface area contributed by atoms with Crippen LogP contribution in [0.3, 0.4) is 0 Å². The van der Waals surface area contributed by atoms with E-state index in [1.807, 2.05) is 31.2 Å². The lowest BCUT2D eigenvalue weighted by Gasteiger charge is -2.03. The van der Waals surface area contributed by atoms with E-state index in [-0.39, 0.29) is 16.5 Å². The molecule has 0 saturated carbocycles. The number of rotatable bonds is 3. The molecule has 6 heteroatoms. The van der Waals surface area contributed by atoms with Crippen LogP contribution in [0.5, 0.6) is 11.5 Å². The van der Waals surface area contributed by atoms with Crippen LogP contribution in [0.15, 0.2) is 41.5 Å². The molecule has 0 aliphatic heterocycles. The van der Waals surface area contributed by atoms with Crippen molar-refractivity contribution < 1.29 is 10.2 Å². The lowest BCUT2D eigenvalue weighted by molar-refractivity contribution is 0.404. The first kappa shape index (κ1) is 14.4. The molecule has 3 rings (SSSR count). The summed E-state index contributed by atoms with van der Waals surface area (Å²) in [6.45, 7) is 2.01. The number of phenols is 2. The van der Waals surface area contributed by atoms with Crippen LogP contribution in [0, 0.1) is 0 Å². The lowest BCUT2D eigenvalue weighted by Crippen LogP contribution is -1.97. The number of halogens is 1. The zero-order valence-electron chi connectivity index (χ0n) is 11.9. The molecule has 1 aromatic heterocycles. The van der Waals surface area contributed by atoms with E-state index in [1.165, 1.54) is 12.1 Å². The Labute approximate surface area is 132 Å². The third-order valence-electron chi connectivity index (χ3n) is 3.31. The van der Waals surface area contributed by atoms with Crippen molar-refractivity contribution >= 4 is 28.8 Å². The van der Waals surface area contributed by atoms with Crippen molar-refractivity contribution in [3.63, 3.8) is 0 Å². The molecule has 0 bridgehead atoms. The molecule has 0 aliphatic rings. The van der Waals surface area contributed by atoms with Gasteiger partial charge in [-0.3, -0.25) is 0 Å². The number of aryl methyl sites for hydroxylation is 1. The first-order chi connectivity index (χ1) is 10.6. The van der Waals surface area contributed by atoms with E-state index < -0.39 is 0 Å². The van der Waals surface area contributed by atoms with Crippen molar-refractivity contribution in [2.75, 3.05) is 0 Å². The Morgan fingerprint density at radius 2 is 2.05 bits per heavy atom. The smallest absolute Gasteiger partial charge is 0.176 e. The molecule has 112 valence electrons. The van der Waals surface area contributed by atoms with Crippen LogP contribution >= 0.6 is 11.6 Å². The second-order valence-electron chi connectivity index (χ2n) is 4.80. The van der Waals surface area contributed by atoms with Crippen LogP contribution in [0.2, 0.25) is 5.02 Å². The Kier molecular flexibility index (Phi) is 3.73. The Morgan fingerprint density at radius 1 is 1.27 bits per heavy atom. The van der Waals surface area contributed by atoms with Gasteiger partial charge in [0.2, 0.25) is 0 Å². The first-order valence-electron chi connectivity index (χ1n) is 6.82. The molecule has 0 atom stereocenters. The van der Waals surface area contributed by atoms with E-state index in [0.29, 0.717) is 5.56 Å². The van der Waals surface area contributed by atoms with Gasteiger partial charge in [0.15, 0.2) is 11.5 Å². The molecule has 5 nitrogen and oxygen atoms in total. The maximum Gasteiger partial charge on any atom is 0.176 e. The number of para-hydroxylation sites is 2. The summed E-state index contributed by atoms with van der Waals surface area (Å²) in [5.41, 5.74) is 2.37. The third-order valence-corrected chi connectivity index (χ3v) is 3.60. The molecule has 0 spiro atoms. The highest BCUT2D eigenvalue weighted by Gasteiger charge is 2.09. The van der Waals surface area contributed by atoms with E-state index in [1.54, 1.807) is 10.9 Å². The zero-order valence-corrected chi connectivity index (χ0v) is 12.6. The maximum atomic E-state index is 9.60. The molecular formula is C16H14ClN3O2. The fraction of sp³-hybridized carbons (Fsp3) is 0.125. The summed E-state index contributed by atoms with van der Waals surface area (Å²) >= 11 is 5.84. The van der Waals surface area contributed by atoms with Gasteiger partial charge >= 0.3 is 0 Å². The number of hydrogen-bond acceptors (Lipinski definition) is 4. The van der Waals surface area contributed by atoms with Gasteiger partial charge < -0.3 is 10.2 Å². The van der Waals surface area contributed by atoms with Gasteiger partial charge in [0.25, 0.3) is 0 Å². The quantitative estimate of drug-likeness (QED) is 0.573. The van der Waals surface area contributed by atoms with Gasteiger partial charge in [-0.15, -0.1) is 0 Å². The molecular weight excluding hydrogens is 302 g/mol. The number of phenolic OH excluding ortho intramolecular Hbond substituents is 2. The Bertz CT molecular complexity index is 848. The van der Waals surface area contributed by atoms with Gasteiger partial charge in [-0.2, -0.15) is 5.10 Å². The summed E-state index contributed by atoms with van der Waals surface area (Å²) in [7, 11) is 0. The van der Waals surface area contributed by atoms with Gasteiger partial charge in [-0.25, -0.2) is 9.66 Å². The SMILES string of the molecule is CCc1nc2ccccc2n1/N=C/c1cc(O)c(O)c(Cl)c1. The van der Waals surface area contributed by atoms with Crippen LogP contribution in [0.25, 0.3) is 11.0 Å². The minimum Gasteiger partial charge on any atom is -0.504 e. The summed E-state index contributed by atoms with van der Waals surface area (Å²) in [5, 5.41) is 23.6. The number of aromatic hydroxyl groups is 2. The molecule has 0 unspecified atom stereocenters. The summed E-state index contributed by atoms with van der Waals surface area (Å²) in [5.74, 6) is 0.229. The topological polar surface area (TPSA) is 70.6 Å². The van der Waals surface area contributed by atoms with E-state index in [9.17, 15) is 10.2 Å². The van der Waals surface area contributed by atoms with Crippen LogP contribution in [-0.2, 0) is 6.42 Å². The fourth-order valence-electron chi connectivity index (χ4n) is 2.22. The van der Waals surface area contributed by atoms with Gasteiger partial charge in [0, 0.05) is 6.42 Å². The second-order valence-corrected chi connectivity index (χ2v) is 5.20. The van der Waals surface area contributed by atoms with Crippen molar-refractivity contribution in [1.29, 1.82) is 0 Å². The molecule has 2 aromatic carbocycles. The number of hydrogen-bond donors (Lipinski definition) is 2. The molecule has 22 heavy (non-hydrogen) atoms. The molecule has 0 fully saturated rings. The first-order valence-corrected chi connectivity index (χ1v) is 7.20. The minimum atomic E-state index is -0.332. The lowest BCUT2D eigenvalue weighted by atomic mass is 10.2. The van der Waals surface area contributed by atoms with Crippen molar-refractivity contribution in [1.82, 2.24) is 9.66 Å². The Morgan fingerprint density at radius 3 is 2.77 bits per heavy atom. The number of imidazole rings is 1. The normalized spacial score (nSPS) is 11.5. The fourth-order valence-corrected chi connectivity index (χ4v) is 2.45. The van der Waals surface area contributed by atoms with Crippen LogP contribution in [0.1, 0.15) is 18.3 Å². The molecule has 3 aromatic rings. The Hall–Kier alpha value is -2.53. The molecule has 1 heterocycles. The standard InChI is InChI=1S/C16H14ClN3O2/c1-2-15-19-12-5-3-4-6-13(12)20(15)18-9-10-7-11(17)16(22)14(21)8-10/h3-9,21-22H,2H2,1H3/b18-9+. The number of fused-ring (bicyclic) bond motifs is 1. The highest BCUT2D eigenvalue weighted by molar-refractivity contribution is 6.32. The van der Waals surface area contributed by atoms with Crippen molar-refractivity contribution in [2.45, 2.75) is 13.3 Å². The van der Waals surface area contributed by atoms with Crippen molar-refractivity contribution in [2.24, 2.45) is 5.10 Å². The van der Waals surface area contributed by atoms with Gasteiger partial charge in [-0.05, 0) is 29.8 Å². The number of nitrogens with zero attached hydrogens (tertiary/aromatic N) is 3. The molecule has 2 N–H and O–H groups in total. The van der Waals surface area contributed by atoms with Crippen molar-refractivity contribution in [3.8, 4) is 11.5 Å². The average Bonchev–Trinajstić information content (AvgIpc) is 2.88. The maximum absolute atomic E-state index is 9.60. The number of aromatic nitrogens is 2. The molecule has 0 saturated heterocycles. The largest absolute Gasteiger partial charge is 0.504 e. The van der Waals surface area contributed by atoms with E-state index in [2.05, 4.69) is 10.1 Å². The van der Waals surface area contributed by atoms with Crippen LogP contribution in [0.4, 0.5) is 0 Å². The molecule has 0 amide bonds. The second kappa shape index (κ2) is 5.69. The van der Waals surface area contributed by atoms with Crippen molar-refractivity contribution in [3.05, 3.63) is 52.8 Å². The highest BCUT2D eigenvalue weighted by Crippen LogP contribution is 2.33. The number of benzene rings is 2. The summed E-state index contributed by atoms with van der Waals surface area (Å²) in [6, 6.07) is 10.7. The predicted octanol–water partition coefficient (Wildman–Crippen LogP) is 3.55. The summed E-state index contributed by atoms with van der Waals surface area (Å²) in [4.78, 5) is 4.53. The molecule has 0 radical (unpaired) electrons. The summed E-state index contributed by atoms with van der Waals surface area (Å²) in [6.07, 6.45) is 2.31. The average molecular weight is 316 g/mol. The van der Waals surface area contributed by atoms with Crippen LogP contribution in [-0.4, -0.2) is 26.1 Å². The summed E-state index contributed by atoms with van der Waals surface area (Å²) < 4.78 is 1.76. The van der Waals surface area contributed by atoms with E-state index in [4.69, 9.17) is 11.6 Å². The highest BCUT2D eigenvalue weighted by atomic mass is 35.5. The van der Waals surface area contributed by atoms with Gasteiger partial charge in [0.1, 0.15) is 5.82 Å². The minimum absolute atomic E-state index is 0.0765. The Balaban J connectivity index is 2.06. The van der Waals surface area contributed by atoms with Crippen LogP contribution < -0.4 is 0 Å². The van der Waals surface area contributed by atoms with Gasteiger partial charge in [-0.1, -0.05) is 30.7 Å². The zero-order chi connectivity index (χ0) is 15.7. The molecule has 0 aliphatic carbocycles. The predicted molar refractivity (Wildman–Crippen MR) is 86.9 cm³/mol. The monoisotopic (exact) mass is 315 g/mol. The van der Waals surface area contributed by atoms with Gasteiger partial charge in [0.05, 0.1) is 22.3 Å².